The molecule has 3 heterocycles. The number of halogens is 1. The molecule has 0 bridgehead atoms. The number of hydrogen-bond donors (Lipinski definition) is 0. The largest absolute Gasteiger partial charge is 0.300 e. The molecule has 0 aromatic carbocycles. The van der Waals surface area contributed by atoms with Gasteiger partial charge in [0.15, 0.2) is 0 Å². The number of Topliss-reactive ketones (excluding diaryl/α,β-unsaturated/α-hetero) is 1. The number of rotatable bonds is 5. The Hall–Kier alpha value is -1.63. The first-order valence-electron chi connectivity index (χ1n) is 7.02. The van der Waals surface area contributed by atoms with Crippen molar-refractivity contribution < 1.29 is 4.79 Å². The molecule has 118 valence electrons. The van der Waals surface area contributed by atoms with Crippen LogP contribution < -0.4 is 0 Å². The van der Waals surface area contributed by atoms with Gasteiger partial charge in [-0.1, -0.05) is 17.7 Å². The quantitative estimate of drug-likeness (QED) is 0.632. The maximum Gasteiger partial charge on any atom is 0.136 e. The number of aryl methyl sites for hydroxylation is 1. The summed E-state index contributed by atoms with van der Waals surface area (Å²) in [6.45, 7) is 3.54. The fourth-order valence-corrected chi connectivity index (χ4v) is 4.26. The molecule has 3 aromatic rings. The molecule has 0 N–H and O–H groups in total. The molecule has 0 atom stereocenters. The zero-order valence-electron chi connectivity index (χ0n) is 12.7. The van der Waals surface area contributed by atoms with E-state index in [1.54, 1.807) is 41.9 Å². The van der Waals surface area contributed by atoms with E-state index in [9.17, 15) is 4.79 Å². The third-order valence-electron chi connectivity index (χ3n) is 3.17. The van der Waals surface area contributed by atoms with Gasteiger partial charge in [0.05, 0.1) is 27.7 Å². The predicted octanol–water partition coefficient (Wildman–Crippen LogP) is 4.35. The monoisotopic (exact) mass is 363 g/mol. The number of carbonyl (C=O) groups excluding carboxylic acids is 1. The number of ketones is 1. The van der Waals surface area contributed by atoms with Crippen molar-refractivity contribution in [2.45, 2.75) is 26.7 Å². The summed E-state index contributed by atoms with van der Waals surface area (Å²) in [6.07, 6.45) is 2.89. The highest BCUT2D eigenvalue weighted by Gasteiger charge is 2.14. The first-order chi connectivity index (χ1) is 11.0. The fraction of sp³-hybridized carbons (Fsp3) is 0.250. The highest BCUT2D eigenvalue weighted by atomic mass is 35.5. The second-order valence-electron chi connectivity index (χ2n) is 5.19. The predicted molar refractivity (Wildman–Crippen MR) is 94.4 cm³/mol. The molecular weight excluding hydrogens is 350 g/mol. The van der Waals surface area contributed by atoms with E-state index >= 15 is 0 Å². The molecule has 4 nitrogen and oxygen atoms in total. The summed E-state index contributed by atoms with van der Waals surface area (Å²) in [5.41, 5.74) is 2.93. The lowest BCUT2D eigenvalue weighted by Crippen LogP contribution is -1.94. The summed E-state index contributed by atoms with van der Waals surface area (Å²) >= 11 is 8.96. The Bertz CT molecular complexity index is 839. The van der Waals surface area contributed by atoms with E-state index in [-0.39, 0.29) is 5.78 Å². The Morgan fingerprint density at radius 2 is 2.09 bits per heavy atom. The molecule has 23 heavy (non-hydrogen) atoms. The van der Waals surface area contributed by atoms with E-state index in [0.29, 0.717) is 11.6 Å². The van der Waals surface area contributed by atoms with Crippen LogP contribution in [0.3, 0.4) is 0 Å². The van der Waals surface area contributed by atoms with E-state index in [1.165, 1.54) is 0 Å². The van der Waals surface area contributed by atoms with Gasteiger partial charge in [-0.05, 0) is 25.5 Å². The molecule has 0 saturated carbocycles. The van der Waals surface area contributed by atoms with Crippen molar-refractivity contribution in [3.63, 3.8) is 0 Å². The van der Waals surface area contributed by atoms with Crippen molar-refractivity contribution in [1.29, 1.82) is 0 Å². The molecule has 3 aromatic heterocycles. The van der Waals surface area contributed by atoms with Crippen molar-refractivity contribution >= 4 is 40.1 Å². The van der Waals surface area contributed by atoms with Gasteiger partial charge >= 0.3 is 0 Å². The summed E-state index contributed by atoms with van der Waals surface area (Å²) in [4.78, 5) is 25.5. The van der Waals surface area contributed by atoms with E-state index in [1.807, 2.05) is 18.4 Å². The lowest BCUT2D eigenvalue weighted by molar-refractivity contribution is -0.116. The molecule has 0 aliphatic heterocycles. The number of pyridine rings is 1. The van der Waals surface area contributed by atoms with Gasteiger partial charge in [-0.2, -0.15) is 0 Å². The van der Waals surface area contributed by atoms with Gasteiger partial charge in [0.2, 0.25) is 0 Å². The third-order valence-corrected chi connectivity index (χ3v) is 5.42. The molecule has 3 rings (SSSR count). The molecule has 0 spiro atoms. The first kappa shape index (κ1) is 16.2. The second-order valence-corrected chi connectivity index (χ2v) is 7.61. The SMILES string of the molecule is CC(=O)Cc1nc(C)c(-c2csc(Cc3ccc(Cl)nc3)n2)s1. The van der Waals surface area contributed by atoms with E-state index < -0.39 is 0 Å². The van der Waals surface area contributed by atoms with Crippen molar-refractivity contribution in [1.82, 2.24) is 15.0 Å². The van der Waals surface area contributed by atoms with Gasteiger partial charge < -0.3 is 0 Å². The number of carbonyl (C=O) groups is 1. The van der Waals surface area contributed by atoms with Crippen molar-refractivity contribution in [3.05, 3.63) is 50.1 Å². The Labute approximate surface area is 147 Å². The van der Waals surface area contributed by atoms with Crippen LogP contribution in [0.5, 0.6) is 0 Å². The molecule has 0 saturated heterocycles. The topological polar surface area (TPSA) is 55.7 Å². The summed E-state index contributed by atoms with van der Waals surface area (Å²) in [6, 6.07) is 3.74. The van der Waals surface area contributed by atoms with Gasteiger partial charge in [0.1, 0.15) is 15.9 Å². The second kappa shape index (κ2) is 6.86. The van der Waals surface area contributed by atoms with Crippen molar-refractivity contribution in [2.24, 2.45) is 0 Å². The first-order valence-corrected chi connectivity index (χ1v) is 9.09. The summed E-state index contributed by atoms with van der Waals surface area (Å²) in [5.74, 6) is 0.125. The average Bonchev–Trinajstić information content (AvgIpc) is 3.07. The molecule has 0 unspecified atom stereocenters. The minimum absolute atomic E-state index is 0.125. The maximum absolute atomic E-state index is 11.2. The van der Waals surface area contributed by atoms with Crippen molar-refractivity contribution in [2.75, 3.05) is 0 Å². The smallest absolute Gasteiger partial charge is 0.136 e. The highest BCUT2D eigenvalue weighted by molar-refractivity contribution is 7.16. The third kappa shape index (κ3) is 4.02. The Kier molecular flexibility index (Phi) is 4.84. The van der Waals surface area contributed by atoms with Crippen LogP contribution in [-0.4, -0.2) is 20.7 Å². The van der Waals surface area contributed by atoms with Gasteiger partial charge in [0, 0.05) is 18.0 Å². The van der Waals surface area contributed by atoms with Crippen LogP contribution in [0.1, 0.15) is 28.2 Å². The molecular formula is C16H14ClN3OS2. The Morgan fingerprint density at radius 1 is 1.26 bits per heavy atom. The van der Waals surface area contributed by atoms with Gasteiger partial charge in [-0.15, -0.1) is 22.7 Å². The van der Waals surface area contributed by atoms with Gasteiger partial charge in [0.25, 0.3) is 0 Å². The zero-order chi connectivity index (χ0) is 16.4. The number of nitrogens with zero attached hydrogens (tertiary/aromatic N) is 3. The minimum atomic E-state index is 0.125. The molecule has 0 fully saturated rings. The van der Waals surface area contributed by atoms with Crippen molar-refractivity contribution in [3.8, 4) is 10.6 Å². The summed E-state index contributed by atoms with van der Waals surface area (Å²) in [5, 5.41) is 4.40. The minimum Gasteiger partial charge on any atom is -0.300 e. The molecule has 0 aliphatic carbocycles. The maximum atomic E-state index is 11.2. The number of hydrogen-bond acceptors (Lipinski definition) is 6. The van der Waals surface area contributed by atoms with Crippen LogP contribution in [0.15, 0.2) is 23.7 Å². The average molecular weight is 364 g/mol. The lowest BCUT2D eigenvalue weighted by Gasteiger charge is -1.97. The zero-order valence-corrected chi connectivity index (χ0v) is 15.1. The van der Waals surface area contributed by atoms with Crippen LogP contribution in [0.2, 0.25) is 5.15 Å². The Balaban J connectivity index is 1.80. The van der Waals surface area contributed by atoms with E-state index in [4.69, 9.17) is 16.6 Å². The highest BCUT2D eigenvalue weighted by Crippen LogP contribution is 2.31. The Morgan fingerprint density at radius 3 is 2.78 bits per heavy atom. The van der Waals surface area contributed by atoms with Crippen LogP contribution in [0.4, 0.5) is 0 Å². The van der Waals surface area contributed by atoms with E-state index in [2.05, 4.69) is 9.97 Å². The van der Waals surface area contributed by atoms with E-state index in [0.717, 1.165) is 38.3 Å². The fourth-order valence-electron chi connectivity index (χ4n) is 2.16. The van der Waals surface area contributed by atoms with Gasteiger partial charge in [-0.25, -0.2) is 15.0 Å². The lowest BCUT2D eigenvalue weighted by atomic mass is 10.2. The van der Waals surface area contributed by atoms with Crippen LogP contribution >= 0.6 is 34.3 Å². The normalized spacial score (nSPS) is 10.9. The molecule has 0 amide bonds. The summed E-state index contributed by atoms with van der Waals surface area (Å²) in [7, 11) is 0. The van der Waals surface area contributed by atoms with Crippen LogP contribution in [0.25, 0.3) is 10.6 Å². The van der Waals surface area contributed by atoms with Crippen LogP contribution in [0, 0.1) is 6.92 Å². The number of thiazole rings is 2. The standard InChI is InChI=1S/C16H14ClN3OS2/c1-9(21)5-15-19-10(2)16(23-15)12-8-22-14(20-12)6-11-3-4-13(17)18-7-11/h3-4,7-8H,5-6H2,1-2H3. The van der Waals surface area contributed by atoms with Gasteiger partial charge in [-0.3, -0.25) is 4.79 Å². The molecule has 0 aliphatic rings. The number of aromatic nitrogens is 3. The molecule has 7 heteroatoms. The summed E-state index contributed by atoms with van der Waals surface area (Å²) < 4.78 is 0. The van der Waals surface area contributed by atoms with Crippen LogP contribution in [-0.2, 0) is 17.6 Å². The molecule has 0 radical (unpaired) electrons.